The number of nitrogens with zero attached hydrogens (tertiary/aromatic N) is 1. The maximum absolute atomic E-state index is 9.76. The van der Waals surface area contributed by atoms with E-state index in [1.165, 1.54) is 140 Å². The molecule has 0 N–H and O–H groups in total. The van der Waals surface area contributed by atoms with Gasteiger partial charge in [-0.2, -0.15) is 0 Å². The van der Waals surface area contributed by atoms with Gasteiger partial charge < -0.3 is 14.4 Å². The first kappa shape index (κ1) is 35.6. The molecule has 3 heteroatoms. The number of carboxylic acid groups (broad SMARTS) is 1. The van der Waals surface area contributed by atoms with Crippen molar-refractivity contribution in [1.82, 2.24) is 0 Å². The second-order valence-electron chi connectivity index (χ2n) is 10.9. The van der Waals surface area contributed by atoms with Crippen LogP contribution in [0.5, 0.6) is 0 Å². The van der Waals surface area contributed by atoms with Crippen LogP contribution in [0.25, 0.3) is 0 Å². The van der Waals surface area contributed by atoms with Gasteiger partial charge in [0.25, 0.3) is 0 Å². The number of carboxylic acids is 1. The van der Waals surface area contributed by atoms with E-state index in [-0.39, 0.29) is 6.42 Å². The molecule has 0 saturated carbocycles. The molecular weight excluding hydrogens is 418 g/mol. The lowest BCUT2D eigenvalue weighted by Gasteiger charge is -2.35. The summed E-state index contributed by atoms with van der Waals surface area (Å²) in [6.45, 7) is 13.3. The maximum Gasteiger partial charge on any atom is 0.0784 e. The van der Waals surface area contributed by atoms with Crippen molar-refractivity contribution in [3.63, 3.8) is 0 Å². The van der Waals surface area contributed by atoms with Crippen molar-refractivity contribution in [3.8, 4) is 0 Å². The summed E-state index contributed by atoms with van der Waals surface area (Å²) in [6, 6.07) is 0. The van der Waals surface area contributed by atoms with Crippen LogP contribution in [0.2, 0.25) is 0 Å². The number of hydrogen-bond donors (Lipinski definition) is 0. The fraction of sp³-hybridized carbons (Fsp3) is 0.968. The molecular formula is C31H65NO2. The topological polar surface area (TPSA) is 40.1 Å². The maximum atomic E-state index is 9.76. The minimum atomic E-state index is -0.932. The summed E-state index contributed by atoms with van der Waals surface area (Å²) in [5.41, 5.74) is 0. The zero-order valence-electron chi connectivity index (χ0n) is 24.4. The van der Waals surface area contributed by atoms with Crippen LogP contribution < -0.4 is 5.11 Å². The summed E-state index contributed by atoms with van der Waals surface area (Å²) >= 11 is 0. The van der Waals surface area contributed by atoms with Crippen molar-refractivity contribution in [2.75, 3.05) is 26.7 Å². The Labute approximate surface area is 216 Å². The smallest absolute Gasteiger partial charge is 0.0784 e. The van der Waals surface area contributed by atoms with Gasteiger partial charge in [-0.1, -0.05) is 118 Å². The Bertz CT molecular complexity index is 356. The highest BCUT2D eigenvalue weighted by atomic mass is 16.4. The molecule has 0 unspecified atom stereocenters. The number of rotatable bonds is 25. The summed E-state index contributed by atoms with van der Waals surface area (Å²) in [7, 11) is 2.56. The van der Waals surface area contributed by atoms with E-state index in [0.29, 0.717) is 0 Å². The Morgan fingerprint density at radius 2 is 0.735 bits per heavy atom. The number of quaternary nitrogens is 1. The number of hydrogen-bond acceptors (Lipinski definition) is 2. The van der Waals surface area contributed by atoms with Crippen LogP contribution in [0, 0.1) is 0 Å². The van der Waals surface area contributed by atoms with E-state index in [9.17, 15) is 9.90 Å². The Morgan fingerprint density at radius 1 is 0.471 bits per heavy atom. The number of carbonyl (C=O) groups excluding carboxylic acids is 1. The number of unbranched alkanes of at least 4 members (excludes halogenated alkanes) is 17. The second-order valence-corrected chi connectivity index (χ2v) is 10.9. The monoisotopic (exact) mass is 484 g/mol. The molecule has 0 aromatic carbocycles. The van der Waals surface area contributed by atoms with Crippen molar-refractivity contribution in [2.45, 2.75) is 169 Å². The van der Waals surface area contributed by atoms with E-state index < -0.39 is 5.97 Å². The summed E-state index contributed by atoms with van der Waals surface area (Å²) < 4.78 is 1.36. The van der Waals surface area contributed by atoms with Crippen LogP contribution in [0.1, 0.15) is 169 Å². The fourth-order valence-electron chi connectivity index (χ4n) is 4.68. The highest BCUT2D eigenvalue weighted by molar-refractivity contribution is 5.63. The van der Waals surface area contributed by atoms with Gasteiger partial charge in [0.15, 0.2) is 0 Å². The van der Waals surface area contributed by atoms with Crippen molar-refractivity contribution < 1.29 is 14.4 Å². The van der Waals surface area contributed by atoms with Gasteiger partial charge in [0.05, 0.1) is 26.7 Å². The molecule has 0 rings (SSSR count). The van der Waals surface area contributed by atoms with Gasteiger partial charge in [0.2, 0.25) is 0 Å². The zero-order chi connectivity index (χ0) is 25.8. The van der Waals surface area contributed by atoms with E-state index in [1.807, 2.05) is 6.92 Å². The predicted molar refractivity (Wildman–Crippen MR) is 150 cm³/mol. The summed E-state index contributed by atoms with van der Waals surface area (Å²) in [6.07, 6.45) is 28.9. The molecule has 0 aromatic rings. The average molecular weight is 484 g/mol. The van der Waals surface area contributed by atoms with Crippen LogP contribution in [0.15, 0.2) is 0 Å². The molecule has 3 nitrogen and oxygen atoms in total. The largest absolute Gasteiger partial charge is 0.550 e. The number of carbonyl (C=O) groups is 1. The number of aliphatic carboxylic acids is 1. The van der Waals surface area contributed by atoms with Gasteiger partial charge in [-0.15, -0.1) is 0 Å². The van der Waals surface area contributed by atoms with Gasteiger partial charge in [-0.3, -0.25) is 0 Å². The lowest BCUT2D eigenvalue weighted by molar-refractivity contribution is -0.910. The molecule has 0 aliphatic rings. The van der Waals surface area contributed by atoms with E-state index in [1.54, 1.807) is 0 Å². The Morgan fingerprint density at radius 3 is 1.03 bits per heavy atom. The van der Waals surface area contributed by atoms with Gasteiger partial charge in [-0.05, 0) is 51.4 Å². The molecule has 0 amide bonds. The van der Waals surface area contributed by atoms with Crippen molar-refractivity contribution in [1.29, 1.82) is 0 Å². The third kappa shape index (κ3) is 29.5. The van der Waals surface area contributed by atoms with E-state index >= 15 is 0 Å². The van der Waals surface area contributed by atoms with Crippen LogP contribution in [-0.2, 0) is 4.79 Å². The minimum Gasteiger partial charge on any atom is -0.550 e. The highest BCUT2D eigenvalue weighted by Gasteiger charge is 2.20. The van der Waals surface area contributed by atoms with E-state index in [4.69, 9.17) is 0 Å². The standard InChI is InChI=1S/C25H54N.C6H12O2/c1-5-8-11-14-17-20-23-26(4,24-21-18-15-12-9-6-2)25-22-19-16-13-10-7-3;1-2-3-4-5-6(7)8/h5-25H2,1-4H3;2-5H2,1H3,(H,7,8)/q+1;/p-1. The molecule has 0 bridgehead atoms. The Hall–Kier alpha value is -0.570. The van der Waals surface area contributed by atoms with Crippen LogP contribution in [0.4, 0.5) is 0 Å². The zero-order valence-corrected chi connectivity index (χ0v) is 24.4. The SMILES string of the molecule is CCCCCC(=O)[O-].CCCCCCCC[N+](C)(CCCCCCCC)CCCCCCCC. The van der Waals surface area contributed by atoms with Crippen molar-refractivity contribution in [2.24, 2.45) is 0 Å². The van der Waals surface area contributed by atoms with Crippen LogP contribution in [-0.4, -0.2) is 37.1 Å². The molecule has 34 heavy (non-hydrogen) atoms. The first-order valence-corrected chi connectivity index (χ1v) is 15.5. The van der Waals surface area contributed by atoms with Crippen LogP contribution in [0.3, 0.4) is 0 Å². The predicted octanol–water partition coefficient (Wildman–Crippen LogP) is 8.83. The van der Waals surface area contributed by atoms with E-state index in [2.05, 4.69) is 27.8 Å². The summed E-state index contributed by atoms with van der Waals surface area (Å²) in [4.78, 5) is 9.76. The normalized spacial score (nSPS) is 11.3. The molecule has 0 atom stereocenters. The molecule has 206 valence electrons. The van der Waals surface area contributed by atoms with Gasteiger partial charge in [-0.25, -0.2) is 0 Å². The Kier molecular flexibility index (Phi) is 30.0. The molecule has 0 aliphatic heterocycles. The van der Waals surface area contributed by atoms with Crippen molar-refractivity contribution >= 4 is 5.97 Å². The minimum absolute atomic E-state index is 0.216. The van der Waals surface area contributed by atoms with Gasteiger partial charge >= 0.3 is 0 Å². The summed E-state index contributed by atoms with van der Waals surface area (Å²) in [5, 5.41) is 9.76. The third-order valence-corrected chi connectivity index (χ3v) is 7.14. The van der Waals surface area contributed by atoms with Gasteiger partial charge in [0, 0.05) is 5.97 Å². The molecule has 0 spiro atoms. The third-order valence-electron chi connectivity index (χ3n) is 7.14. The summed E-state index contributed by atoms with van der Waals surface area (Å²) in [5.74, 6) is -0.932. The second kappa shape index (κ2) is 28.7. The Balaban J connectivity index is 0. The van der Waals surface area contributed by atoms with Crippen LogP contribution >= 0.6 is 0 Å². The molecule has 0 heterocycles. The molecule has 0 saturated heterocycles. The lowest BCUT2D eigenvalue weighted by atomic mass is 10.1. The van der Waals surface area contributed by atoms with Gasteiger partial charge in [0.1, 0.15) is 0 Å². The fourth-order valence-corrected chi connectivity index (χ4v) is 4.68. The first-order valence-electron chi connectivity index (χ1n) is 15.5. The molecule has 0 aromatic heterocycles. The molecule has 0 radical (unpaired) electrons. The highest BCUT2D eigenvalue weighted by Crippen LogP contribution is 2.16. The van der Waals surface area contributed by atoms with Crippen molar-refractivity contribution in [3.05, 3.63) is 0 Å². The lowest BCUT2D eigenvalue weighted by Crippen LogP contribution is -2.46. The average Bonchev–Trinajstić information content (AvgIpc) is 2.81. The quantitative estimate of drug-likeness (QED) is 0.0960. The molecule has 0 aliphatic carbocycles. The first-order chi connectivity index (χ1) is 16.5. The molecule has 0 fully saturated rings. The van der Waals surface area contributed by atoms with E-state index in [0.717, 1.165) is 19.3 Å².